The number of rotatable bonds is 7. The molecule has 1 amide bonds. The van der Waals surface area contributed by atoms with Gasteiger partial charge in [-0.3, -0.25) is 4.79 Å². The number of nitrogen functional groups attached to an aromatic ring is 1. The van der Waals surface area contributed by atoms with Gasteiger partial charge >= 0.3 is 0 Å². The van der Waals surface area contributed by atoms with Crippen molar-refractivity contribution in [3.05, 3.63) is 11.1 Å². The fourth-order valence-corrected chi connectivity index (χ4v) is 2.12. The summed E-state index contributed by atoms with van der Waals surface area (Å²) in [5.41, 5.74) is 6.27. The van der Waals surface area contributed by atoms with Gasteiger partial charge in [-0.05, 0) is 18.8 Å². The highest BCUT2D eigenvalue weighted by atomic mass is 32.1. The normalized spacial score (nSPS) is 14.7. The van der Waals surface area contributed by atoms with Gasteiger partial charge in [0.2, 0.25) is 5.91 Å². The molecule has 100 valence electrons. The van der Waals surface area contributed by atoms with E-state index < -0.39 is 0 Å². The van der Waals surface area contributed by atoms with Crippen molar-refractivity contribution in [2.75, 3.05) is 32.5 Å². The van der Waals surface area contributed by atoms with E-state index in [9.17, 15) is 4.79 Å². The zero-order valence-corrected chi connectivity index (χ0v) is 11.4. The topological polar surface area (TPSA) is 68.5 Å². The van der Waals surface area contributed by atoms with Crippen LogP contribution in [-0.2, 0) is 16.0 Å². The van der Waals surface area contributed by atoms with Crippen molar-refractivity contribution < 1.29 is 9.53 Å². The van der Waals surface area contributed by atoms with Crippen LogP contribution in [0.4, 0.5) is 5.13 Å². The summed E-state index contributed by atoms with van der Waals surface area (Å²) in [6.45, 7) is 2.08. The summed E-state index contributed by atoms with van der Waals surface area (Å²) in [4.78, 5) is 17.6. The molecule has 0 aliphatic heterocycles. The zero-order chi connectivity index (χ0) is 13.0. The maximum atomic E-state index is 11.9. The third-order valence-electron chi connectivity index (χ3n) is 2.95. The van der Waals surface area contributed by atoms with Crippen molar-refractivity contribution in [3.63, 3.8) is 0 Å². The van der Waals surface area contributed by atoms with E-state index in [4.69, 9.17) is 10.5 Å². The fourth-order valence-electron chi connectivity index (χ4n) is 1.55. The molecule has 0 aromatic carbocycles. The highest BCUT2D eigenvalue weighted by Crippen LogP contribution is 2.28. The van der Waals surface area contributed by atoms with Gasteiger partial charge in [0.15, 0.2) is 5.13 Å². The third-order valence-corrected chi connectivity index (χ3v) is 3.67. The van der Waals surface area contributed by atoms with E-state index in [1.165, 1.54) is 24.2 Å². The van der Waals surface area contributed by atoms with Crippen LogP contribution in [0.1, 0.15) is 18.5 Å². The van der Waals surface area contributed by atoms with Crippen LogP contribution in [0.15, 0.2) is 5.38 Å². The summed E-state index contributed by atoms with van der Waals surface area (Å²) >= 11 is 1.36. The molecule has 0 radical (unpaired) electrons. The molecule has 2 N–H and O–H groups in total. The number of likely N-dealkylation sites (N-methyl/N-ethyl adjacent to an activating group) is 1. The summed E-state index contributed by atoms with van der Waals surface area (Å²) in [5, 5.41) is 2.33. The molecule has 1 heterocycles. The van der Waals surface area contributed by atoms with Gasteiger partial charge in [-0.1, -0.05) is 0 Å². The van der Waals surface area contributed by atoms with Crippen molar-refractivity contribution in [1.82, 2.24) is 9.88 Å². The molecular weight excluding hydrogens is 250 g/mol. The van der Waals surface area contributed by atoms with Crippen molar-refractivity contribution in [2.24, 2.45) is 5.92 Å². The average Bonchev–Trinajstić information content (AvgIpc) is 3.08. The van der Waals surface area contributed by atoms with E-state index in [0.29, 0.717) is 24.7 Å². The summed E-state index contributed by atoms with van der Waals surface area (Å²) in [5.74, 6) is 0.819. The number of aromatic nitrogens is 1. The van der Waals surface area contributed by atoms with Gasteiger partial charge in [0, 0.05) is 25.6 Å². The zero-order valence-electron chi connectivity index (χ0n) is 10.6. The Labute approximate surface area is 111 Å². The fraction of sp³-hybridized carbons (Fsp3) is 0.667. The molecule has 0 saturated heterocycles. The largest absolute Gasteiger partial charge is 0.379 e. The number of thiazole rings is 1. The minimum Gasteiger partial charge on any atom is -0.379 e. The van der Waals surface area contributed by atoms with Crippen LogP contribution in [0, 0.1) is 5.92 Å². The third kappa shape index (κ3) is 4.27. The second-order valence-corrected chi connectivity index (χ2v) is 5.58. The highest BCUT2D eigenvalue weighted by molar-refractivity contribution is 7.13. The maximum absolute atomic E-state index is 11.9. The lowest BCUT2D eigenvalue weighted by atomic mass is 10.3. The van der Waals surface area contributed by atoms with Gasteiger partial charge in [0.1, 0.15) is 0 Å². The number of nitrogens with two attached hydrogens (primary N) is 1. The number of carbonyl (C=O) groups is 1. The molecule has 18 heavy (non-hydrogen) atoms. The number of hydrogen-bond acceptors (Lipinski definition) is 5. The second kappa shape index (κ2) is 6.15. The van der Waals surface area contributed by atoms with Gasteiger partial charge in [-0.15, -0.1) is 11.3 Å². The van der Waals surface area contributed by atoms with E-state index in [1.54, 1.807) is 11.9 Å². The Morgan fingerprint density at radius 1 is 1.67 bits per heavy atom. The van der Waals surface area contributed by atoms with Crippen LogP contribution in [0.25, 0.3) is 0 Å². The number of ether oxygens (including phenoxy) is 1. The first-order chi connectivity index (χ1) is 8.65. The van der Waals surface area contributed by atoms with Crippen LogP contribution in [-0.4, -0.2) is 42.6 Å². The molecular formula is C12H19N3O2S. The summed E-state index contributed by atoms with van der Waals surface area (Å²) < 4.78 is 5.51. The lowest BCUT2D eigenvalue weighted by molar-refractivity contribution is -0.129. The van der Waals surface area contributed by atoms with E-state index in [2.05, 4.69) is 4.98 Å². The number of carbonyl (C=O) groups excluding carboxylic acids is 1. The minimum atomic E-state index is 0.0512. The first kappa shape index (κ1) is 13.3. The lowest BCUT2D eigenvalue weighted by Gasteiger charge is -2.16. The first-order valence-electron chi connectivity index (χ1n) is 6.16. The molecule has 2 rings (SSSR count). The minimum absolute atomic E-state index is 0.0512. The van der Waals surface area contributed by atoms with Crippen LogP contribution in [0.3, 0.4) is 0 Å². The van der Waals surface area contributed by atoms with Crippen LogP contribution < -0.4 is 5.73 Å². The lowest BCUT2D eigenvalue weighted by Crippen LogP contribution is -2.31. The number of nitrogens with zero attached hydrogens (tertiary/aromatic N) is 2. The number of amides is 1. The molecule has 0 atom stereocenters. The average molecular weight is 269 g/mol. The predicted octanol–water partition coefficient (Wildman–Crippen LogP) is 1.15. The predicted molar refractivity (Wildman–Crippen MR) is 71.4 cm³/mol. The standard InChI is InChI=1S/C12H19N3O2S/c1-15(4-5-17-7-9-2-3-9)11(16)6-10-8-18-12(13)14-10/h8-9H,2-7H2,1H3,(H2,13,14). The van der Waals surface area contributed by atoms with Crippen LogP contribution >= 0.6 is 11.3 Å². The van der Waals surface area contributed by atoms with Crippen molar-refractivity contribution in [1.29, 1.82) is 0 Å². The Kier molecular flexibility index (Phi) is 4.54. The Bertz CT molecular complexity index is 404. The molecule has 1 aliphatic rings. The van der Waals surface area contributed by atoms with Gasteiger partial charge in [-0.2, -0.15) is 0 Å². The van der Waals surface area contributed by atoms with Gasteiger partial charge in [0.25, 0.3) is 0 Å². The highest BCUT2D eigenvalue weighted by Gasteiger charge is 2.21. The van der Waals surface area contributed by atoms with E-state index in [0.717, 1.165) is 18.2 Å². The van der Waals surface area contributed by atoms with Crippen LogP contribution in [0.5, 0.6) is 0 Å². The first-order valence-corrected chi connectivity index (χ1v) is 7.04. The summed E-state index contributed by atoms with van der Waals surface area (Å²) in [6, 6.07) is 0. The smallest absolute Gasteiger partial charge is 0.228 e. The van der Waals surface area contributed by atoms with Gasteiger partial charge in [0.05, 0.1) is 18.7 Å². The molecule has 0 spiro atoms. The monoisotopic (exact) mass is 269 g/mol. The van der Waals surface area contributed by atoms with E-state index in [1.807, 2.05) is 5.38 Å². The molecule has 0 bridgehead atoms. The molecule has 1 fully saturated rings. The molecule has 1 aromatic heterocycles. The number of hydrogen-bond donors (Lipinski definition) is 1. The Morgan fingerprint density at radius 3 is 3.06 bits per heavy atom. The molecule has 6 heteroatoms. The number of anilines is 1. The Hall–Kier alpha value is -1.14. The Balaban J connectivity index is 1.64. The second-order valence-electron chi connectivity index (χ2n) is 4.69. The van der Waals surface area contributed by atoms with Gasteiger partial charge in [-0.25, -0.2) is 4.98 Å². The van der Waals surface area contributed by atoms with Crippen molar-refractivity contribution >= 4 is 22.4 Å². The van der Waals surface area contributed by atoms with Gasteiger partial charge < -0.3 is 15.4 Å². The van der Waals surface area contributed by atoms with E-state index in [-0.39, 0.29) is 5.91 Å². The quantitative estimate of drug-likeness (QED) is 0.754. The molecule has 5 nitrogen and oxygen atoms in total. The molecule has 1 aliphatic carbocycles. The molecule has 0 unspecified atom stereocenters. The van der Waals surface area contributed by atoms with E-state index >= 15 is 0 Å². The molecule has 1 saturated carbocycles. The maximum Gasteiger partial charge on any atom is 0.228 e. The molecule has 1 aromatic rings. The van der Waals surface area contributed by atoms with Crippen molar-refractivity contribution in [2.45, 2.75) is 19.3 Å². The van der Waals surface area contributed by atoms with Crippen LogP contribution in [0.2, 0.25) is 0 Å². The summed E-state index contributed by atoms with van der Waals surface area (Å²) in [6.07, 6.45) is 2.90. The summed E-state index contributed by atoms with van der Waals surface area (Å²) in [7, 11) is 1.79. The SMILES string of the molecule is CN(CCOCC1CC1)C(=O)Cc1csc(N)n1. The Morgan fingerprint density at radius 2 is 2.44 bits per heavy atom. The van der Waals surface area contributed by atoms with Crippen molar-refractivity contribution in [3.8, 4) is 0 Å².